The first kappa shape index (κ1) is 15.3. The van der Waals surface area contributed by atoms with Crippen LogP contribution in [-0.4, -0.2) is 34.9 Å². The van der Waals surface area contributed by atoms with Crippen molar-refractivity contribution < 1.29 is 22.7 Å². The van der Waals surface area contributed by atoms with Crippen molar-refractivity contribution >= 4 is 0 Å². The molecule has 0 spiro atoms. The molecular formula is C14H17F4NO. The summed E-state index contributed by atoms with van der Waals surface area (Å²) < 4.78 is 51.1. The second kappa shape index (κ2) is 5.33. The fourth-order valence-corrected chi connectivity index (χ4v) is 2.51. The summed E-state index contributed by atoms with van der Waals surface area (Å²) in [6.45, 7) is 1.97. The molecular weight excluding hydrogens is 274 g/mol. The van der Waals surface area contributed by atoms with Gasteiger partial charge in [-0.05, 0) is 37.6 Å². The van der Waals surface area contributed by atoms with E-state index in [4.69, 9.17) is 0 Å². The lowest BCUT2D eigenvalue weighted by atomic mass is 9.88. The summed E-state index contributed by atoms with van der Waals surface area (Å²) in [4.78, 5) is 1.85. The van der Waals surface area contributed by atoms with E-state index in [2.05, 4.69) is 0 Å². The summed E-state index contributed by atoms with van der Waals surface area (Å²) in [5.74, 6) is -1.17. The van der Waals surface area contributed by atoms with Crippen molar-refractivity contribution in [3.05, 3.63) is 35.6 Å². The number of hydrogen-bond donors (Lipinski definition) is 1. The molecule has 2 nitrogen and oxygen atoms in total. The van der Waals surface area contributed by atoms with Crippen molar-refractivity contribution in [3.8, 4) is 0 Å². The van der Waals surface area contributed by atoms with Crippen molar-refractivity contribution in [1.29, 1.82) is 0 Å². The van der Waals surface area contributed by atoms with Crippen LogP contribution in [-0.2, 0) is 6.54 Å². The lowest BCUT2D eigenvalue weighted by Gasteiger charge is -2.32. The van der Waals surface area contributed by atoms with E-state index in [9.17, 15) is 22.7 Å². The lowest BCUT2D eigenvalue weighted by molar-refractivity contribution is -0.270. The molecule has 2 atom stereocenters. The van der Waals surface area contributed by atoms with E-state index in [1.165, 1.54) is 12.1 Å². The number of nitrogens with zero attached hydrogens (tertiary/aromatic N) is 1. The molecule has 1 heterocycles. The predicted molar refractivity (Wildman–Crippen MR) is 66.5 cm³/mol. The van der Waals surface area contributed by atoms with Gasteiger partial charge in [0.1, 0.15) is 5.82 Å². The summed E-state index contributed by atoms with van der Waals surface area (Å²) in [6.07, 6.45) is -4.32. The largest absolute Gasteiger partial charge is 0.417 e. The smallest absolute Gasteiger partial charge is 0.380 e. The molecule has 0 aromatic heterocycles. The highest BCUT2D eigenvalue weighted by Crippen LogP contribution is 2.40. The van der Waals surface area contributed by atoms with E-state index in [1.54, 1.807) is 12.1 Å². The summed E-state index contributed by atoms with van der Waals surface area (Å²) in [5.41, 5.74) is -1.82. The van der Waals surface area contributed by atoms with Gasteiger partial charge in [0.2, 0.25) is 0 Å². The molecule has 0 aliphatic carbocycles. The monoisotopic (exact) mass is 291 g/mol. The predicted octanol–water partition coefficient (Wildman–Crippen LogP) is 2.96. The maximum absolute atomic E-state index is 12.8. The van der Waals surface area contributed by atoms with Gasteiger partial charge in [0.25, 0.3) is 0 Å². The molecule has 0 radical (unpaired) electrons. The molecule has 1 fully saturated rings. The van der Waals surface area contributed by atoms with Crippen LogP contribution in [0.15, 0.2) is 24.3 Å². The number of benzene rings is 1. The Morgan fingerprint density at radius 3 is 2.40 bits per heavy atom. The molecule has 1 aliphatic heterocycles. The average molecular weight is 291 g/mol. The van der Waals surface area contributed by atoms with Crippen LogP contribution < -0.4 is 0 Å². The number of alkyl halides is 3. The standard InChI is InChI=1S/C14H17F4NO/c1-13(20,14(16,17)18)11-6-7-19(9-11)8-10-2-4-12(15)5-3-10/h2-5,11,20H,6-9H2,1H3. The van der Waals surface area contributed by atoms with E-state index in [-0.39, 0.29) is 12.4 Å². The molecule has 1 aromatic carbocycles. The molecule has 0 amide bonds. The second-order valence-electron chi connectivity index (χ2n) is 5.49. The minimum absolute atomic E-state index is 0.184. The Labute approximate surface area is 115 Å². The fourth-order valence-electron chi connectivity index (χ4n) is 2.51. The van der Waals surface area contributed by atoms with Gasteiger partial charge in [-0.1, -0.05) is 12.1 Å². The van der Waals surface area contributed by atoms with Crippen LogP contribution in [0, 0.1) is 11.7 Å². The maximum Gasteiger partial charge on any atom is 0.417 e. The first-order valence-electron chi connectivity index (χ1n) is 6.46. The highest BCUT2D eigenvalue weighted by atomic mass is 19.4. The molecule has 0 bridgehead atoms. The van der Waals surface area contributed by atoms with Gasteiger partial charge < -0.3 is 5.11 Å². The van der Waals surface area contributed by atoms with Gasteiger partial charge in [-0.25, -0.2) is 4.39 Å². The van der Waals surface area contributed by atoms with Crippen LogP contribution in [0.1, 0.15) is 18.9 Å². The maximum atomic E-state index is 12.8. The lowest BCUT2D eigenvalue weighted by Crippen LogP contribution is -2.49. The van der Waals surface area contributed by atoms with Crippen LogP contribution in [0.3, 0.4) is 0 Å². The van der Waals surface area contributed by atoms with Gasteiger partial charge in [0.15, 0.2) is 5.60 Å². The van der Waals surface area contributed by atoms with Crippen molar-refractivity contribution in [2.45, 2.75) is 31.7 Å². The second-order valence-corrected chi connectivity index (χ2v) is 5.49. The highest BCUT2D eigenvalue weighted by Gasteiger charge is 2.55. The number of hydrogen-bond acceptors (Lipinski definition) is 2. The van der Waals surface area contributed by atoms with Crippen molar-refractivity contribution in [2.75, 3.05) is 13.1 Å². The van der Waals surface area contributed by atoms with Crippen molar-refractivity contribution in [3.63, 3.8) is 0 Å². The van der Waals surface area contributed by atoms with E-state index in [0.29, 0.717) is 19.5 Å². The minimum atomic E-state index is -4.62. The van der Waals surface area contributed by atoms with Gasteiger partial charge in [-0.2, -0.15) is 13.2 Å². The molecule has 20 heavy (non-hydrogen) atoms. The zero-order valence-electron chi connectivity index (χ0n) is 11.1. The number of aliphatic hydroxyl groups is 1. The third-order valence-corrected chi connectivity index (χ3v) is 3.96. The van der Waals surface area contributed by atoms with Crippen LogP contribution in [0.5, 0.6) is 0 Å². The van der Waals surface area contributed by atoms with Crippen molar-refractivity contribution in [2.24, 2.45) is 5.92 Å². The van der Waals surface area contributed by atoms with E-state index in [0.717, 1.165) is 12.5 Å². The Kier molecular flexibility index (Phi) is 4.07. The summed E-state index contributed by atoms with van der Waals surface area (Å²) in [7, 11) is 0. The van der Waals surface area contributed by atoms with E-state index in [1.807, 2.05) is 4.90 Å². The third kappa shape index (κ3) is 3.12. The molecule has 0 saturated carbocycles. The quantitative estimate of drug-likeness (QED) is 0.866. The molecule has 1 aromatic rings. The Hall–Kier alpha value is -1.14. The molecule has 1 N–H and O–H groups in total. The van der Waals surface area contributed by atoms with Crippen LogP contribution in [0.4, 0.5) is 17.6 Å². The molecule has 1 aliphatic rings. The Balaban J connectivity index is 1.97. The molecule has 6 heteroatoms. The Morgan fingerprint density at radius 2 is 1.85 bits per heavy atom. The Morgan fingerprint density at radius 1 is 1.25 bits per heavy atom. The van der Waals surface area contributed by atoms with Crippen molar-refractivity contribution in [1.82, 2.24) is 4.90 Å². The van der Waals surface area contributed by atoms with Gasteiger partial charge in [0.05, 0.1) is 0 Å². The first-order chi connectivity index (χ1) is 9.20. The molecule has 2 unspecified atom stereocenters. The zero-order chi connectivity index (χ0) is 15.0. The average Bonchev–Trinajstić information content (AvgIpc) is 2.80. The minimum Gasteiger partial charge on any atom is -0.380 e. The van der Waals surface area contributed by atoms with Crippen LogP contribution >= 0.6 is 0 Å². The summed E-state index contributed by atoms with van der Waals surface area (Å²) in [5, 5.41) is 9.67. The SMILES string of the molecule is CC(O)(C1CCN(Cc2ccc(F)cc2)C1)C(F)(F)F. The van der Waals surface area contributed by atoms with Gasteiger partial charge in [-0.15, -0.1) is 0 Å². The zero-order valence-corrected chi connectivity index (χ0v) is 11.1. The number of likely N-dealkylation sites (tertiary alicyclic amines) is 1. The van der Waals surface area contributed by atoms with Gasteiger partial charge in [0, 0.05) is 19.0 Å². The topological polar surface area (TPSA) is 23.5 Å². The van der Waals surface area contributed by atoms with Crippen LogP contribution in [0.2, 0.25) is 0 Å². The van der Waals surface area contributed by atoms with Gasteiger partial charge >= 0.3 is 6.18 Å². The number of halogens is 4. The first-order valence-corrected chi connectivity index (χ1v) is 6.46. The highest BCUT2D eigenvalue weighted by molar-refractivity contribution is 5.16. The third-order valence-electron chi connectivity index (χ3n) is 3.96. The van der Waals surface area contributed by atoms with E-state index >= 15 is 0 Å². The molecule has 112 valence electrons. The summed E-state index contributed by atoms with van der Waals surface area (Å²) in [6, 6.07) is 5.89. The number of rotatable bonds is 3. The molecule has 1 saturated heterocycles. The fraction of sp³-hybridized carbons (Fsp3) is 0.571. The van der Waals surface area contributed by atoms with E-state index < -0.39 is 17.7 Å². The van der Waals surface area contributed by atoms with Gasteiger partial charge in [-0.3, -0.25) is 4.90 Å². The summed E-state index contributed by atoms with van der Waals surface area (Å²) >= 11 is 0. The van der Waals surface area contributed by atoms with Crippen LogP contribution in [0.25, 0.3) is 0 Å². The molecule has 2 rings (SSSR count). The Bertz CT molecular complexity index is 455. The normalized spacial score (nSPS) is 23.8.